The van der Waals surface area contributed by atoms with Gasteiger partial charge in [-0.15, -0.1) is 0 Å². The van der Waals surface area contributed by atoms with Gasteiger partial charge in [-0.1, -0.05) is 12.1 Å². The Hall–Kier alpha value is -1.51. The Morgan fingerprint density at radius 1 is 1.33 bits per heavy atom. The molecule has 0 spiro atoms. The topological polar surface area (TPSA) is 57.5 Å². The number of hydrogen-bond donors (Lipinski definition) is 2. The summed E-state index contributed by atoms with van der Waals surface area (Å²) in [5.74, 6) is -0.452. The summed E-state index contributed by atoms with van der Waals surface area (Å²) in [5, 5.41) is 18.2. The molecule has 1 aromatic rings. The maximum absolute atomic E-state index is 10.3. The molecule has 82 valence electrons. The average Bonchev–Trinajstić information content (AvgIpc) is 2.18. The van der Waals surface area contributed by atoms with E-state index in [1.807, 2.05) is 26.0 Å². The molecule has 0 radical (unpaired) electrons. The van der Waals surface area contributed by atoms with Crippen molar-refractivity contribution in [3.05, 3.63) is 28.8 Å². The van der Waals surface area contributed by atoms with Crippen LogP contribution in [0.25, 0.3) is 0 Å². The fourth-order valence-corrected chi connectivity index (χ4v) is 1.58. The normalized spacial score (nSPS) is 10.3. The second-order valence-corrected chi connectivity index (χ2v) is 3.76. The highest BCUT2D eigenvalue weighted by molar-refractivity contribution is 5.66. The molecule has 0 aliphatic heterocycles. The Morgan fingerprint density at radius 3 is 2.60 bits per heavy atom. The van der Waals surface area contributed by atoms with Crippen LogP contribution >= 0.6 is 0 Å². The molecule has 1 aromatic carbocycles. The highest BCUT2D eigenvalue weighted by atomic mass is 16.4. The Kier molecular flexibility index (Phi) is 3.72. The van der Waals surface area contributed by atoms with Gasteiger partial charge in [-0.2, -0.15) is 0 Å². The van der Waals surface area contributed by atoms with E-state index < -0.39 is 5.97 Å². The van der Waals surface area contributed by atoms with Crippen molar-refractivity contribution >= 4 is 5.97 Å². The molecule has 0 amide bonds. The SMILES string of the molecule is Cc1ccc(CCCC(=O)O)c(C)c1O. The minimum Gasteiger partial charge on any atom is -0.507 e. The Balaban J connectivity index is 2.70. The summed E-state index contributed by atoms with van der Waals surface area (Å²) in [6, 6.07) is 3.81. The molecular formula is C12H16O3. The number of phenolic OH excluding ortho intramolecular Hbond substituents is 1. The third-order valence-corrected chi connectivity index (χ3v) is 2.58. The van der Waals surface area contributed by atoms with E-state index in [0.717, 1.165) is 16.7 Å². The van der Waals surface area contributed by atoms with Crippen molar-refractivity contribution in [1.29, 1.82) is 0 Å². The van der Waals surface area contributed by atoms with Crippen molar-refractivity contribution in [2.45, 2.75) is 33.1 Å². The van der Waals surface area contributed by atoms with E-state index in [4.69, 9.17) is 5.11 Å². The standard InChI is InChI=1S/C12H16O3/c1-8-6-7-10(9(2)12(8)15)4-3-5-11(13)14/h6-7,15H,3-5H2,1-2H3,(H,13,14). The van der Waals surface area contributed by atoms with Crippen molar-refractivity contribution < 1.29 is 15.0 Å². The van der Waals surface area contributed by atoms with E-state index in [1.54, 1.807) is 0 Å². The Bertz CT molecular complexity index is 369. The summed E-state index contributed by atoms with van der Waals surface area (Å²) in [7, 11) is 0. The van der Waals surface area contributed by atoms with Crippen LogP contribution in [0.3, 0.4) is 0 Å². The fourth-order valence-electron chi connectivity index (χ4n) is 1.58. The molecule has 0 unspecified atom stereocenters. The Morgan fingerprint density at radius 2 is 2.00 bits per heavy atom. The van der Waals surface area contributed by atoms with Gasteiger partial charge in [0.15, 0.2) is 0 Å². The second-order valence-electron chi connectivity index (χ2n) is 3.76. The zero-order valence-electron chi connectivity index (χ0n) is 9.08. The van der Waals surface area contributed by atoms with Crippen molar-refractivity contribution in [1.82, 2.24) is 0 Å². The number of carbonyl (C=O) groups is 1. The van der Waals surface area contributed by atoms with Crippen LogP contribution in [0.2, 0.25) is 0 Å². The van der Waals surface area contributed by atoms with Gasteiger partial charge in [-0.3, -0.25) is 4.79 Å². The molecule has 3 heteroatoms. The highest BCUT2D eigenvalue weighted by Crippen LogP contribution is 2.25. The summed E-state index contributed by atoms with van der Waals surface area (Å²) < 4.78 is 0. The van der Waals surface area contributed by atoms with Crippen LogP contribution < -0.4 is 0 Å². The summed E-state index contributed by atoms with van der Waals surface area (Å²) in [6.07, 6.45) is 1.48. The number of rotatable bonds is 4. The number of phenols is 1. The van der Waals surface area contributed by atoms with Crippen LogP contribution in [0.4, 0.5) is 0 Å². The summed E-state index contributed by atoms with van der Waals surface area (Å²) in [6.45, 7) is 3.71. The van der Waals surface area contributed by atoms with E-state index in [9.17, 15) is 9.90 Å². The maximum Gasteiger partial charge on any atom is 0.303 e. The van der Waals surface area contributed by atoms with Gasteiger partial charge in [0.2, 0.25) is 0 Å². The first-order valence-electron chi connectivity index (χ1n) is 5.02. The molecule has 15 heavy (non-hydrogen) atoms. The second kappa shape index (κ2) is 4.82. The lowest BCUT2D eigenvalue weighted by Gasteiger charge is -2.09. The molecule has 0 aromatic heterocycles. The monoisotopic (exact) mass is 208 g/mol. The lowest BCUT2D eigenvalue weighted by Crippen LogP contribution is -1.97. The molecule has 0 saturated heterocycles. The van der Waals surface area contributed by atoms with Crippen molar-refractivity contribution in [3.63, 3.8) is 0 Å². The molecule has 0 atom stereocenters. The molecule has 2 N–H and O–H groups in total. The van der Waals surface area contributed by atoms with Crippen LogP contribution in [0.5, 0.6) is 5.75 Å². The third-order valence-electron chi connectivity index (χ3n) is 2.58. The molecule has 0 saturated carbocycles. The zero-order chi connectivity index (χ0) is 11.4. The predicted octanol–water partition coefficient (Wildman–Crippen LogP) is 2.42. The zero-order valence-corrected chi connectivity index (χ0v) is 9.08. The summed E-state index contributed by atoms with van der Waals surface area (Å²) in [5.41, 5.74) is 2.74. The first-order chi connectivity index (χ1) is 7.02. The first-order valence-corrected chi connectivity index (χ1v) is 5.02. The number of hydrogen-bond acceptors (Lipinski definition) is 2. The average molecular weight is 208 g/mol. The minimum absolute atomic E-state index is 0.175. The largest absolute Gasteiger partial charge is 0.507 e. The molecule has 0 heterocycles. The van der Waals surface area contributed by atoms with Crippen LogP contribution in [-0.2, 0) is 11.2 Å². The maximum atomic E-state index is 10.3. The number of carboxylic acid groups (broad SMARTS) is 1. The Labute approximate surface area is 89.4 Å². The van der Waals surface area contributed by atoms with Crippen LogP contribution in [0.1, 0.15) is 29.5 Å². The van der Waals surface area contributed by atoms with Gasteiger partial charge >= 0.3 is 5.97 Å². The molecule has 1 rings (SSSR count). The van der Waals surface area contributed by atoms with Crippen LogP contribution in [0.15, 0.2) is 12.1 Å². The van der Waals surface area contributed by atoms with Gasteiger partial charge in [0.05, 0.1) is 0 Å². The van der Waals surface area contributed by atoms with Gasteiger partial charge in [0.25, 0.3) is 0 Å². The quantitative estimate of drug-likeness (QED) is 0.798. The summed E-state index contributed by atoms with van der Waals surface area (Å²) >= 11 is 0. The first kappa shape index (κ1) is 11.6. The smallest absolute Gasteiger partial charge is 0.303 e. The van der Waals surface area contributed by atoms with Gasteiger partial charge in [-0.25, -0.2) is 0 Å². The van der Waals surface area contributed by atoms with Gasteiger partial charge < -0.3 is 10.2 Å². The fraction of sp³-hybridized carbons (Fsp3) is 0.417. The van der Waals surface area contributed by atoms with Crippen LogP contribution in [0, 0.1) is 13.8 Å². The molecule has 0 bridgehead atoms. The molecule has 0 fully saturated rings. The lowest BCUT2D eigenvalue weighted by molar-refractivity contribution is -0.137. The number of aliphatic carboxylic acids is 1. The van der Waals surface area contributed by atoms with Crippen molar-refractivity contribution in [3.8, 4) is 5.75 Å². The molecular weight excluding hydrogens is 192 g/mol. The van der Waals surface area contributed by atoms with E-state index in [0.29, 0.717) is 18.6 Å². The number of aromatic hydroxyl groups is 1. The summed E-state index contributed by atoms with van der Waals surface area (Å²) in [4.78, 5) is 10.3. The van der Waals surface area contributed by atoms with Gasteiger partial charge in [0, 0.05) is 6.42 Å². The molecule has 0 aliphatic carbocycles. The molecule has 3 nitrogen and oxygen atoms in total. The van der Waals surface area contributed by atoms with Gasteiger partial charge in [-0.05, 0) is 43.4 Å². The number of benzene rings is 1. The molecule has 0 aliphatic rings. The van der Waals surface area contributed by atoms with Crippen LogP contribution in [-0.4, -0.2) is 16.2 Å². The van der Waals surface area contributed by atoms with Crippen molar-refractivity contribution in [2.75, 3.05) is 0 Å². The highest BCUT2D eigenvalue weighted by Gasteiger charge is 2.06. The van der Waals surface area contributed by atoms with E-state index >= 15 is 0 Å². The number of carboxylic acids is 1. The predicted molar refractivity (Wildman–Crippen MR) is 58.2 cm³/mol. The van der Waals surface area contributed by atoms with E-state index in [1.165, 1.54) is 0 Å². The minimum atomic E-state index is -0.774. The van der Waals surface area contributed by atoms with Gasteiger partial charge in [0.1, 0.15) is 5.75 Å². The number of aryl methyl sites for hydroxylation is 2. The lowest BCUT2D eigenvalue weighted by atomic mass is 9.99. The third kappa shape index (κ3) is 2.98. The van der Waals surface area contributed by atoms with E-state index in [-0.39, 0.29) is 6.42 Å². The van der Waals surface area contributed by atoms with Crippen molar-refractivity contribution in [2.24, 2.45) is 0 Å². The van der Waals surface area contributed by atoms with E-state index in [2.05, 4.69) is 0 Å².